The number of hydrogen-bond acceptors (Lipinski definition) is 4. The van der Waals surface area contributed by atoms with Crippen LogP contribution < -0.4 is 5.73 Å². The average Bonchev–Trinajstić information content (AvgIpc) is 3.13. The van der Waals surface area contributed by atoms with Crippen LogP contribution in [0.3, 0.4) is 0 Å². The molecule has 3 fully saturated rings. The summed E-state index contributed by atoms with van der Waals surface area (Å²) in [5.41, 5.74) is 8.84. The molecule has 1 aliphatic heterocycles. The van der Waals surface area contributed by atoms with Gasteiger partial charge in [0.15, 0.2) is 5.79 Å². The van der Waals surface area contributed by atoms with Gasteiger partial charge in [0, 0.05) is 36.4 Å². The first-order chi connectivity index (χ1) is 14.4. The van der Waals surface area contributed by atoms with Crippen LogP contribution in [0.2, 0.25) is 0 Å². The zero-order chi connectivity index (χ0) is 20.9. The minimum atomic E-state index is -0.460. The Hall–Kier alpha value is -1.43. The Balaban J connectivity index is 1.54. The van der Waals surface area contributed by atoms with Gasteiger partial charge in [-0.1, -0.05) is 26.3 Å². The van der Waals surface area contributed by atoms with Gasteiger partial charge < -0.3 is 15.2 Å². The molecule has 164 valence electrons. The van der Waals surface area contributed by atoms with E-state index in [1.807, 2.05) is 6.07 Å². The van der Waals surface area contributed by atoms with E-state index in [9.17, 15) is 4.79 Å². The molecule has 3 atom stereocenters. The van der Waals surface area contributed by atoms with Gasteiger partial charge in [0.2, 0.25) is 5.91 Å². The van der Waals surface area contributed by atoms with Gasteiger partial charge in [-0.15, -0.1) is 0 Å². The first kappa shape index (κ1) is 20.5. The third-order valence-corrected chi connectivity index (χ3v) is 8.60. The maximum absolute atomic E-state index is 11.9. The van der Waals surface area contributed by atoms with Crippen molar-refractivity contribution in [1.29, 1.82) is 0 Å². The summed E-state index contributed by atoms with van der Waals surface area (Å²) in [6.45, 7) is 8.38. The summed E-state index contributed by atoms with van der Waals surface area (Å²) in [6, 6.07) is 6.66. The molecule has 2 N–H and O–H groups in total. The van der Waals surface area contributed by atoms with Gasteiger partial charge in [-0.25, -0.2) is 0 Å². The predicted molar refractivity (Wildman–Crippen MR) is 116 cm³/mol. The molecule has 5 heteroatoms. The molecule has 0 unspecified atom stereocenters. The number of ether oxygens (including phenoxy) is 2. The normalized spacial score (nSPS) is 32.6. The van der Waals surface area contributed by atoms with Crippen molar-refractivity contribution in [3.63, 3.8) is 0 Å². The number of fused-ring (bicyclic) bond motifs is 3. The molecule has 0 aromatic heterocycles. The third kappa shape index (κ3) is 3.30. The minimum absolute atomic E-state index is 0.0840. The SMILES string of the molecule is CCN(CC1CCC1)[C@@H]1Cc2ccc(C(N)=O)cc2[C@@]2(C)CC3(CC[C@@H]12)OCCO3. The maximum Gasteiger partial charge on any atom is 0.248 e. The third-order valence-electron chi connectivity index (χ3n) is 8.60. The number of carbonyl (C=O) groups is 1. The Morgan fingerprint density at radius 3 is 2.63 bits per heavy atom. The van der Waals surface area contributed by atoms with E-state index >= 15 is 0 Å². The van der Waals surface area contributed by atoms with Gasteiger partial charge in [0.25, 0.3) is 0 Å². The van der Waals surface area contributed by atoms with Crippen LogP contribution in [0.4, 0.5) is 0 Å². The van der Waals surface area contributed by atoms with Crippen molar-refractivity contribution in [2.45, 2.75) is 76.0 Å². The summed E-state index contributed by atoms with van der Waals surface area (Å²) in [4.78, 5) is 14.7. The van der Waals surface area contributed by atoms with Crippen molar-refractivity contribution in [2.75, 3.05) is 26.3 Å². The van der Waals surface area contributed by atoms with Crippen LogP contribution in [0, 0.1) is 11.8 Å². The summed E-state index contributed by atoms with van der Waals surface area (Å²) in [6.07, 6.45) is 8.15. The highest BCUT2D eigenvalue weighted by molar-refractivity contribution is 5.93. The van der Waals surface area contributed by atoms with E-state index in [1.165, 1.54) is 36.9 Å². The van der Waals surface area contributed by atoms with Crippen LogP contribution in [-0.2, 0) is 21.3 Å². The van der Waals surface area contributed by atoms with Gasteiger partial charge >= 0.3 is 0 Å². The zero-order valence-electron chi connectivity index (χ0n) is 18.5. The van der Waals surface area contributed by atoms with Crippen LogP contribution in [0.5, 0.6) is 0 Å². The van der Waals surface area contributed by atoms with E-state index in [1.54, 1.807) is 0 Å². The highest BCUT2D eigenvalue weighted by Crippen LogP contribution is 2.55. The molecule has 1 heterocycles. The number of hydrogen-bond donors (Lipinski definition) is 1. The maximum atomic E-state index is 11.9. The molecule has 5 nitrogen and oxygen atoms in total. The lowest BCUT2D eigenvalue weighted by Gasteiger charge is -2.56. The number of rotatable bonds is 5. The number of likely N-dealkylation sites (N-methyl/N-ethyl adjacent to an activating group) is 1. The number of carbonyl (C=O) groups excluding carboxylic acids is 1. The second-order valence-corrected chi connectivity index (χ2v) is 10.2. The minimum Gasteiger partial charge on any atom is -0.366 e. The van der Waals surface area contributed by atoms with Crippen LogP contribution >= 0.6 is 0 Å². The van der Waals surface area contributed by atoms with Crippen molar-refractivity contribution < 1.29 is 14.3 Å². The first-order valence-electron chi connectivity index (χ1n) is 11.9. The van der Waals surface area contributed by atoms with E-state index in [4.69, 9.17) is 15.2 Å². The van der Waals surface area contributed by atoms with Crippen LogP contribution in [0.25, 0.3) is 0 Å². The Morgan fingerprint density at radius 2 is 2.00 bits per heavy atom. The monoisotopic (exact) mass is 412 g/mol. The van der Waals surface area contributed by atoms with Crippen molar-refractivity contribution >= 4 is 5.91 Å². The van der Waals surface area contributed by atoms with E-state index in [2.05, 4.69) is 30.9 Å². The van der Waals surface area contributed by atoms with Gasteiger partial charge in [-0.3, -0.25) is 9.69 Å². The quantitative estimate of drug-likeness (QED) is 0.802. The number of nitrogens with zero attached hydrogens (tertiary/aromatic N) is 1. The number of primary amides is 1. The number of benzene rings is 1. The molecule has 1 amide bonds. The molecule has 4 aliphatic rings. The van der Waals surface area contributed by atoms with Gasteiger partial charge in [-0.2, -0.15) is 0 Å². The number of nitrogens with two attached hydrogens (primary N) is 1. The summed E-state index contributed by atoms with van der Waals surface area (Å²) in [7, 11) is 0. The Morgan fingerprint density at radius 1 is 1.23 bits per heavy atom. The van der Waals surface area contributed by atoms with E-state index in [0.717, 1.165) is 38.1 Å². The molecule has 1 aromatic carbocycles. The molecule has 1 spiro atoms. The summed E-state index contributed by atoms with van der Waals surface area (Å²) in [5, 5.41) is 0. The van der Waals surface area contributed by atoms with Crippen molar-refractivity contribution in [2.24, 2.45) is 17.6 Å². The standard InChI is InChI=1S/C25H36N2O3/c1-3-27(15-17-5-4-6-17)22-14-18-7-8-19(23(26)28)13-21(18)24(2)16-25(10-9-20(22)24)29-11-12-30-25/h7-8,13,17,20,22H,3-6,9-12,14-16H2,1-2H3,(H2,26,28)/t20-,22+,24-/m0/s1. The Bertz CT molecular complexity index is 815. The van der Waals surface area contributed by atoms with E-state index in [-0.39, 0.29) is 11.3 Å². The molecule has 0 bridgehead atoms. The van der Waals surface area contributed by atoms with Crippen molar-refractivity contribution in [1.82, 2.24) is 4.90 Å². The Kier molecular flexibility index (Phi) is 5.19. The van der Waals surface area contributed by atoms with Crippen LogP contribution in [0.15, 0.2) is 18.2 Å². The summed E-state index contributed by atoms with van der Waals surface area (Å²) < 4.78 is 12.3. The lowest BCUT2D eigenvalue weighted by atomic mass is 9.54. The van der Waals surface area contributed by atoms with Crippen LogP contribution in [-0.4, -0.2) is 48.9 Å². The van der Waals surface area contributed by atoms with Gasteiger partial charge in [0.1, 0.15) is 0 Å². The summed E-state index contributed by atoms with van der Waals surface area (Å²) >= 11 is 0. The fourth-order valence-electron chi connectivity index (χ4n) is 6.82. The first-order valence-corrected chi connectivity index (χ1v) is 11.9. The molecule has 30 heavy (non-hydrogen) atoms. The Labute approximate surface area is 180 Å². The lowest BCUT2D eigenvalue weighted by Crippen LogP contribution is -2.59. The largest absolute Gasteiger partial charge is 0.366 e. The molecule has 5 rings (SSSR count). The predicted octanol–water partition coefficient (Wildman–Crippen LogP) is 3.63. The zero-order valence-corrected chi connectivity index (χ0v) is 18.5. The molecule has 2 saturated carbocycles. The highest BCUT2D eigenvalue weighted by atomic mass is 16.7. The fraction of sp³-hybridized carbons (Fsp3) is 0.720. The van der Waals surface area contributed by atoms with Crippen LogP contribution in [0.1, 0.15) is 73.9 Å². The topological polar surface area (TPSA) is 64.8 Å². The second kappa shape index (κ2) is 7.61. The lowest BCUT2D eigenvalue weighted by molar-refractivity contribution is -0.204. The molecular weight excluding hydrogens is 376 g/mol. The molecule has 1 aromatic rings. The summed E-state index contributed by atoms with van der Waals surface area (Å²) in [5.74, 6) is 0.593. The van der Waals surface area contributed by atoms with Crippen molar-refractivity contribution in [3.8, 4) is 0 Å². The van der Waals surface area contributed by atoms with Crippen molar-refractivity contribution in [3.05, 3.63) is 34.9 Å². The second-order valence-electron chi connectivity index (χ2n) is 10.2. The average molecular weight is 413 g/mol. The van der Waals surface area contributed by atoms with Gasteiger partial charge in [-0.05, 0) is 67.3 Å². The van der Waals surface area contributed by atoms with E-state index < -0.39 is 5.79 Å². The molecule has 1 saturated heterocycles. The fourth-order valence-corrected chi connectivity index (χ4v) is 6.82. The number of amides is 1. The highest BCUT2D eigenvalue weighted by Gasteiger charge is 2.56. The smallest absolute Gasteiger partial charge is 0.248 e. The molecule has 0 radical (unpaired) electrons. The molecular formula is C25H36N2O3. The van der Waals surface area contributed by atoms with Gasteiger partial charge in [0.05, 0.1) is 13.2 Å². The van der Waals surface area contributed by atoms with E-state index in [0.29, 0.717) is 30.7 Å². The molecule has 3 aliphatic carbocycles.